The molecule has 6 heteroatoms. The van der Waals surface area contributed by atoms with Gasteiger partial charge in [-0.25, -0.2) is 9.59 Å². The molecule has 5 aliphatic rings. The maximum Gasteiger partial charge on any atom is 0.341 e. The molecule has 2 aliphatic heterocycles. The first-order chi connectivity index (χ1) is 14.9. The number of hydrogen-bond donors (Lipinski definition) is 2. The Hall–Kier alpha value is -2.91. The van der Waals surface area contributed by atoms with Crippen LogP contribution in [0.25, 0.3) is 17.2 Å². The van der Waals surface area contributed by atoms with Crippen molar-refractivity contribution in [2.45, 2.75) is 24.7 Å². The Kier molecular flexibility index (Phi) is 4.94. The molecule has 2 atom stereocenters. The first-order valence-electron chi connectivity index (χ1n) is 10.5. The van der Waals surface area contributed by atoms with E-state index in [2.05, 4.69) is 6.07 Å². The third-order valence-electron chi connectivity index (χ3n) is 6.81. The van der Waals surface area contributed by atoms with Gasteiger partial charge in [-0.1, -0.05) is 30.3 Å². The normalized spacial score (nSPS) is 26.3. The van der Waals surface area contributed by atoms with Crippen LogP contribution in [0.4, 0.5) is 0 Å². The lowest BCUT2D eigenvalue weighted by Crippen LogP contribution is -2.54. The van der Waals surface area contributed by atoms with Crippen LogP contribution in [0, 0.1) is 11.8 Å². The van der Waals surface area contributed by atoms with E-state index < -0.39 is 11.9 Å². The van der Waals surface area contributed by atoms with Gasteiger partial charge in [-0.15, -0.1) is 8.20 Å². The fraction of sp³-hybridized carbons (Fsp3) is 0.320. The second kappa shape index (κ2) is 7.65. The summed E-state index contributed by atoms with van der Waals surface area (Å²) in [6.07, 6.45) is 7.36. The molecule has 2 N–H and O–H groups in total. The van der Waals surface area contributed by atoms with E-state index in [9.17, 15) is 9.59 Å². The van der Waals surface area contributed by atoms with Crippen LogP contribution in [0.2, 0.25) is 0 Å². The SMILES string of the molecule is O=C(O)/C=C/c1ccc(-c2ccc(OCC(=O)O)c(C34CP=C5C(CC5C3)C4)c2)cc1. The highest BCUT2D eigenvalue weighted by Gasteiger charge is 2.54. The van der Waals surface area contributed by atoms with Gasteiger partial charge in [-0.05, 0) is 77.5 Å². The second-order valence-electron chi connectivity index (χ2n) is 8.75. The molecule has 7 rings (SSSR count). The molecule has 0 amide bonds. The van der Waals surface area contributed by atoms with Crippen molar-refractivity contribution in [3.05, 3.63) is 59.7 Å². The third kappa shape index (κ3) is 3.68. The molecule has 0 aromatic heterocycles. The average Bonchev–Trinajstić information content (AvgIpc) is 2.76. The van der Waals surface area contributed by atoms with Crippen LogP contribution in [0.5, 0.6) is 5.75 Å². The van der Waals surface area contributed by atoms with Crippen molar-refractivity contribution < 1.29 is 24.5 Å². The van der Waals surface area contributed by atoms with E-state index in [0.717, 1.165) is 47.3 Å². The molecule has 3 fully saturated rings. The second-order valence-corrected chi connectivity index (χ2v) is 9.90. The Labute approximate surface area is 182 Å². The molecule has 2 aromatic rings. The molecule has 2 aromatic carbocycles. The molecule has 158 valence electrons. The van der Waals surface area contributed by atoms with Crippen LogP contribution >= 0.6 is 8.20 Å². The summed E-state index contributed by atoms with van der Waals surface area (Å²) in [6.45, 7) is -0.338. The Morgan fingerprint density at radius 3 is 2.42 bits per heavy atom. The summed E-state index contributed by atoms with van der Waals surface area (Å²) in [5, 5.41) is 19.7. The van der Waals surface area contributed by atoms with Crippen molar-refractivity contribution >= 4 is 31.5 Å². The minimum Gasteiger partial charge on any atom is -0.482 e. The zero-order chi connectivity index (χ0) is 21.6. The molecule has 0 radical (unpaired) electrons. The summed E-state index contributed by atoms with van der Waals surface area (Å²) in [7, 11) is 1.45. The quantitative estimate of drug-likeness (QED) is 0.487. The fourth-order valence-corrected chi connectivity index (χ4v) is 7.26. The first-order valence-corrected chi connectivity index (χ1v) is 11.6. The topological polar surface area (TPSA) is 83.8 Å². The van der Waals surface area contributed by atoms with Gasteiger partial charge in [-0.2, -0.15) is 0 Å². The van der Waals surface area contributed by atoms with E-state index in [1.807, 2.05) is 36.4 Å². The summed E-state index contributed by atoms with van der Waals surface area (Å²) in [4.78, 5) is 21.8. The van der Waals surface area contributed by atoms with Crippen molar-refractivity contribution in [2.24, 2.45) is 11.8 Å². The number of carboxylic acids is 2. The third-order valence-corrected chi connectivity index (χ3v) is 8.67. The molecule has 5 nitrogen and oxygen atoms in total. The summed E-state index contributed by atoms with van der Waals surface area (Å²) < 4.78 is 5.74. The van der Waals surface area contributed by atoms with Gasteiger partial charge < -0.3 is 14.9 Å². The predicted molar refractivity (Wildman–Crippen MR) is 121 cm³/mol. The van der Waals surface area contributed by atoms with Gasteiger partial charge >= 0.3 is 11.9 Å². The Balaban J connectivity index is 1.50. The van der Waals surface area contributed by atoms with E-state index >= 15 is 0 Å². The summed E-state index contributed by atoms with van der Waals surface area (Å²) >= 11 is 0. The molecule has 2 heterocycles. The van der Waals surface area contributed by atoms with Crippen LogP contribution in [0.3, 0.4) is 0 Å². The number of aliphatic carboxylic acids is 2. The molecule has 3 aliphatic carbocycles. The van der Waals surface area contributed by atoms with Gasteiger partial charge in [-0.3, -0.25) is 0 Å². The van der Waals surface area contributed by atoms with Crippen LogP contribution in [-0.2, 0) is 15.0 Å². The predicted octanol–water partition coefficient (Wildman–Crippen LogP) is 4.71. The minimum absolute atomic E-state index is 0.0604. The van der Waals surface area contributed by atoms with Gasteiger partial charge in [0.1, 0.15) is 5.75 Å². The highest BCUT2D eigenvalue weighted by Crippen LogP contribution is 2.61. The van der Waals surface area contributed by atoms with Crippen molar-refractivity contribution in [2.75, 3.05) is 12.8 Å². The van der Waals surface area contributed by atoms with Gasteiger partial charge in [0.2, 0.25) is 0 Å². The van der Waals surface area contributed by atoms with Crippen LogP contribution in [-0.4, -0.2) is 40.2 Å². The lowest BCUT2D eigenvalue weighted by atomic mass is 9.53. The molecule has 0 saturated heterocycles. The maximum atomic E-state index is 11.1. The molecule has 31 heavy (non-hydrogen) atoms. The van der Waals surface area contributed by atoms with E-state index in [-0.39, 0.29) is 12.0 Å². The number of rotatable bonds is 7. The van der Waals surface area contributed by atoms with E-state index in [1.165, 1.54) is 14.6 Å². The van der Waals surface area contributed by atoms with E-state index in [4.69, 9.17) is 14.9 Å². The van der Waals surface area contributed by atoms with E-state index in [1.54, 1.807) is 11.4 Å². The smallest absolute Gasteiger partial charge is 0.341 e. The van der Waals surface area contributed by atoms with Crippen molar-refractivity contribution in [1.29, 1.82) is 0 Å². The van der Waals surface area contributed by atoms with Crippen LogP contribution in [0.15, 0.2) is 48.5 Å². The average molecular weight is 434 g/mol. The Morgan fingerprint density at radius 2 is 1.77 bits per heavy atom. The molecule has 4 bridgehead atoms. The molecule has 0 spiro atoms. The van der Waals surface area contributed by atoms with Crippen LogP contribution in [0.1, 0.15) is 30.4 Å². The monoisotopic (exact) mass is 434 g/mol. The van der Waals surface area contributed by atoms with Crippen LogP contribution < -0.4 is 4.74 Å². The highest BCUT2D eigenvalue weighted by molar-refractivity contribution is 7.41. The number of carboxylic acid groups (broad SMARTS) is 2. The van der Waals surface area contributed by atoms with Gasteiger partial charge in [0.05, 0.1) is 0 Å². The Morgan fingerprint density at radius 1 is 1.06 bits per heavy atom. The standard InChI is InChI=1S/C25H23O5P/c26-22(27)8-3-15-1-4-16(5-2-15)17-6-7-21(30-13-23(28)29)20(10-17)25-11-18-9-19(12-25)24(18)31-14-25/h1-8,10,18-19H,9,11-14H2,(H,26,27)(H,28,29)/b8-3+. The molecule has 2 unspecified atom stereocenters. The lowest BCUT2D eigenvalue weighted by molar-refractivity contribution is -0.139. The van der Waals surface area contributed by atoms with Crippen molar-refractivity contribution in [1.82, 2.24) is 0 Å². The Bertz CT molecular complexity index is 1100. The fourth-order valence-electron chi connectivity index (χ4n) is 5.44. The van der Waals surface area contributed by atoms with E-state index in [0.29, 0.717) is 17.6 Å². The highest BCUT2D eigenvalue weighted by atomic mass is 31.1. The first kappa shape index (κ1) is 20.0. The number of fused-ring (bicyclic) bond motifs is 1. The van der Waals surface area contributed by atoms with Gasteiger partial charge in [0.15, 0.2) is 6.61 Å². The lowest BCUT2D eigenvalue weighted by Gasteiger charge is -2.57. The number of hydrogen-bond acceptors (Lipinski definition) is 3. The number of carbonyl (C=O) groups is 2. The summed E-state index contributed by atoms with van der Waals surface area (Å²) in [6, 6.07) is 13.8. The number of ether oxygens (including phenoxy) is 1. The van der Waals surface area contributed by atoms with Gasteiger partial charge in [0.25, 0.3) is 0 Å². The zero-order valence-corrected chi connectivity index (χ0v) is 17.8. The largest absolute Gasteiger partial charge is 0.482 e. The van der Waals surface area contributed by atoms with Crippen molar-refractivity contribution in [3.8, 4) is 16.9 Å². The van der Waals surface area contributed by atoms with Crippen molar-refractivity contribution in [3.63, 3.8) is 0 Å². The minimum atomic E-state index is -0.971. The molecule has 3 saturated carbocycles. The maximum absolute atomic E-state index is 11.1. The number of benzene rings is 2. The van der Waals surface area contributed by atoms with Gasteiger partial charge in [0, 0.05) is 17.1 Å². The summed E-state index contributed by atoms with van der Waals surface area (Å²) in [5.74, 6) is 0.173. The molecular formula is C25H23O5P. The zero-order valence-electron chi connectivity index (χ0n) is 17.0. The molecular weight excluding hydrogens is 411 g/mol. The summed E-state index contributed by atoms with van der Waals surface area (Å²) in [5.41, 5.74) is 4.13.